The number of nitrogens with one attached hydrogen (secondary N) is 1. The Labute approximate surface area is 135 Å². The smallest absolute Gasteiger partial charge is 0.268 e. The molecule has 2 aromatic heterocycles. The number of carbonyl (C=O) groups is 1. The van der Waals surface area contributed by atoms with E-state index in [0.29, 0.717) is 11.2 Å². The number of carbonyl (C=O) groups excluding carboxylic acids is 1. The molecule has 3 N–H and O–H groups in total. The molecule has 0 radical (unpaired) electrons. The number of nitrogens with zero attached hydrogens (tertiary/aromatic N) is 2. The number of hydrogen-bond acceptors (Lipinski definition) is 3. The van der Waals surface area contributed by atoms with Crippen LogP contribution in [0.5, 0.6) is 0 Å². The number of amides is 1. The van der Waals surface area contributed by atoms with Crippen molar-refractivity contribution in [3.8, 4) is 11.3 Å². The highest BCUT2D eigenvalue weighted by Gasteiger charge is 2.12. The van der Waals surface area contributed by atoms with Gasteiger partial charge in [-0.3, -0.25) is 10.2 Å². The highest BCUT2D eigenvalue weighted by molar-refractivity contribution is 9.10. The molecule has 21 heavy (non-hydrogen) atoms. The number of aromatic nitrogens is 2. The number of halogens is 2. The second-order valence-corrected chi connectivity index (χ2v) is 5.17. The van der Waals surface area contributed by atoms with E-state index in [1.54, 1.807) is 12.1 Å². The minimum atomic E-state index is -0.358. The van der Waals surface area contributed by atoms with Crippen LogP contribution in [0, 0.1) is 0 Å². The zero-order valence-corrected chi connectivity index (χ0v) is 13.2. The van der Waals surface area contributed by atoms with Crippen molar-refractivity contribution in [1.82, 2.24) is 14.8 Å². The molecule has 2 heterocycles. The number of hydrazine groups is 1. The molecule has 7 heteroatoms. The molecule has 0 bridgehead atoms. The van der Waals surface area contributed by atoms with Gasteiger partial charge in [0.05, 0.1) is 11.3 Å². The van der Waals surface area contributed by atoms with E-state index in [-0.39, 0.29) is 18.3 Å². The maximum atomic E-state index is 11.7. The quantitative estimate of drug-likeness (QED) is 0.415. The average Bonchev–Trinajstić information content (AvgIpc) is 2.91. The first-order valence-electron chi connectivity index (χ1n) is 5.93. The third-order valence-electron chi connectivity index (χ3n) is 3.00. The van der Waals surface area contributed by atoms with Crippen molar-refractivity contribution in [2.24, 2.45) is 5.84 Å². The molecular weight excluding hydrogens is 356 g/mol. The van der Waals surface area contributed by atoms with Crippen LogP contribution in [0.15, 0.2) is 53.3 Å². The standard InChI is InChI=1S/C14H11BrN4O.ClH/c15-10-5-3-9(4-6-10)12-8-19-7-1-2-11(13(19)17-12)14(20)18-16;/h1-8H,16H2,(H,18,20);1H. The monoisotopic (exact) mass is 366 g/mol. The van der Waals surface area contributed by atoms with Crippen LogP contribution in [0.4, 0.5) is 0 Å². The average molecular weight is 368 g/mol. The van der Waals surface area contributed by atoms with Crippen LogP contribution in [0.3, 0.4) is 0 Å². The lowest BCUT2D eigenvalue weighted by atomic mass is 10.2. The summed E-state index contributed by atoms with van der Waals surface area (Å²) in [6.45, 7) is 0. The summed E-state index contributed by atoms with van der Waals surface area (Å²) in [5.74, 6) is 4.83. The molecule has 0 saturated heterocycles. The Morgan fingerprint density at radius 3 is 2.62 bits per heavy atom. The molecule has 1 amide bonds. The summed E-state index contributed by atoms with van der Waals surface area (Å²) in [5.41, 5.74) is 4.93. The first-order valence-corrected chi connectivity index (χ1v) is 6.73. The zero-order valence-electron chi connectivity index (χ0n) is 10.8. The number of fused-ring (bicyclic) bond motifs is 1. The van der Waals surface area contributed by atoms with E-state index in [1.807, 2.05) is 41.1 Å². The fraction of sp³-hybridized carbons (Fsp3) is 0. The van der Waals surface area contributed by atoms with Gasteiger partial charge in [-0.05, 0) is 24.3 Å². The van der Waals surface area contributed by atoms with Gasteiger partial charge >= 0.3 is 0 Å². The molecular formula is C14H12BrClN4O. The SMILES string of the molecule is Cl.NNC(=O)c1cccn2cc(-c3ccc(Br)cc3)nc12. The molecule has 0 unspecified atom stereocenters. The third kappa shape index (κ3) is 2.92. The number of pyridine rings is 1. The Balaban J connectivity index is 0.00000161. The van der Waals surface area contributed by atoms with E-state index in [2.05, 4.69) is 26.3 Å². The highest BCUT2D eigenvalue weighted by atomic mass is 79.9. The van der Waals surface area contributed by atoms with E-state index in [0.717, 1.165) is 15.7 Å². The molecule has 0 aliphatic heterocycles. The number of hydrogen-bond donors (Lipinski definition) is 2. The van der Waals surface area contributed by atoms with E-state index in [9.17, 15) is 4.79 Å². The van der Waals surface area contributed by atoms with Gasteiger partial charge < -0.3 is 4.40 Å². The molecule has 1 aromatic carbocycles. The largest absolute Gasteiger partial charge is 0.306 e. The molecule has 0 spiro atoms. The number of benzene rings is 1. The topological polar surface area (TPSA) is 72.4 Å². The van der Waals surface area contributed by atoms with E-state index >= 15 is 0 Å². The van der Waals surface area contributed by atoms with Crippen molar-refractivity contribution in [3.05, 3.63) is 58.8 Å². The maximum Gasteiger partial charge on any atom is 0.268 e. The van der Waals surface area contributed by atoms with Crippen LogP contribution in [0.25, 0.3) is 16.9 Å². The van der Waals surface area contributed by atoms with Gasteiger partial charge in [0.1, 0.15) is 5.65 Å². The fourth-order valence-corrected chi connectivity index (χ4v) is 2.29. The normalized spacial score (nSPS) is 10.2. The molecule has 0 atom stereocenters. The van der Waals surface area contributed by atoms with Crippen LogP contribution >= 0.6 is 28.3 Å². The Morgan fingerprint density at radius 2 is 1.95 bits per heavy atom. The number of rotatable bonds is 2. The summed E-state index contributed by atoms with van der Waals surface area (Å²) in [5, 5.41) is 0. The number of imidazole rings is 1. The predicted molar refractivity (Wildman–Crippen MR) is 87.2 cm³/mol. The lowest BCUT2D eigenvalue weighted by Crippen LogP contribution is -2.30. The second kappa shape index (κ2) is 6.26. The van der Waals surface area contributed by atoms with Gasteiger partial charge in [0.15, 0.2) is 0 Å². The van der Waals surface area contributed by atoms with E-state index in [1.165, 1.54) is 0 Å². The van der Waals surface area contributed by atoms with Crippen LogP contribution in [0.2, 0.25) is 0 Å². The minimum absolute atomic E-state index is 0. The zero-order chi connectivity index (χ0) is 14.1. The molecule has 3 rings (SSSR count). The highest BCUT2D eigenvalue weighted by Crippen LogP contribution is 2.22. The van der Waals surface area contributed by atoms with Crippen LogP contribution < -0.4 is 11.3 Å². The van der Waals surface area contributed by atoms with Crippen LogP contribution in [0.1, 0.15) is 10.4 Å². The molecule has 5 nitrogen and oxygen atoms in total. The van der Waals surface area contributed by atoms with Crippen molar-refractivity contribution in [2.45, 2.75) is 0 Å². The van der Waals surface area contributed by atoms with Crippen molar-refractivity contribution in [3.63, 3.8) is 0 Å². The Kier molecular flexibility index (Phi) is 4.62. The van der Waals surface area contributed by atoms with Gasteiger partial charge in [-0.2, -0.15) is 0 Å². The van der Waals surface area contributed by atoms with Crippen molar-refractivity contribution in [1.29, 1.82) is 0 Å². The second-order valence-electron chi connectivity index (χ2n) is 4.26. The Bertz CT molecular complexity index is 785. The van der Waals surface area contributed by atoms with Crippen LogP contribution in [-0.2, 0) is 0 Å². The fourth-order valence-electron chi connectivity index (χ4n) is 2.03. The molecule has 3 aromatic rings. The Hall–Kier alpha value is -1.89. The van der Waals surface area contributed by atoms with Gasteiger partial charge in [0.25, 0.3) is 5.91 Å². The molecule has 108 valence electrons. The molecule has 0 saturated carbocycles. The summed E-state index contributed by atoms with van der Waals surface area (Å²) < 4.78 is 2.82. The third-order valence-corrected chi connectivity index (χ3v) is 3.53. The summed E-state index contributed by atoms with van der Waals surface area (Å²) in [7, 11) is 0. The van der Waals surface area contributed by atoms with E-state index in [4.69, 9.17) is 5.84 Å². The number of nitrogen functional groups attached to an aromatic ring is 1. The maximum absolute atomic E-state index is 11.7. The first kappa shape index (κ1) is 15.5. The van der Waals surface area contributed by atoms with Crippen molar-refractivity contribution >= 4 is 39.9 Å². The molecule has 0 aliphatic rings. The molecule has 0 aliphatic carbocycles. The van der Waals surface area contributed by atoms with Gasteiger partial charge in [-0.25, -0.2) is 10.8 Å². The first-order chi connectivity index (χ1) is 9.69. The van der Waals surface area contributed by atoms with Crippen molar-refractivity contribution < 1.29 is 4.79 Å². The number of nitrogens with two attached hydrogens (primary N) is 1. The van der Waals surface area contributed by atoms with Crippen molar-refractivity contribution in [2.75, 3.05) is 0 Å². The summed E-state index contributed by atoms with van der Waals surface area (Å²) in [4.78, 5) is 16.2. The lowest BCUT2D eigenvalue weighted by Gasteiger charge is -2.00. The molecule has 0 fully saturated rings. The lowest BCUT2D eigenvalue weighted by molar-refractivity contribution is 0.0955. The van der Waals surface area contributed by atoms with Gasteiger partial charge in [0, 0.05) is 22.4 Å². The van der Waals surface area contributed by atoms with Crippen LogP contribution in [-0.4, -0.2) is 15.3 Å². The van der Waals surface area contributed by atoms with Gasteiger partial charge in [-0.1, -0.05) is 28.1 Å². The van der Waals surface area contributed by atoms with Gasteiger partial charge in [0.2, 0.25) is 0 Å². The van der Waals surface area contributed by atoms with Gasteiger partial charge in [-0.15, -0.1) is 12.4 Å². The summed E-state index contributed by atoms with van der Waals surface area (Å²) in [6, 6.07) is 11.3. The predicted octanol–water partition coefficient (Wildman–Crippen LogP) is 2.79. The summed E-state index contributed by atoms with van der Waals surface area (Å²) >= 11 is 3.40. The van der Waals surface area contributed by atoms with E-state index < -0.39 is 0 Å². The summed E-state index contributed by atoms with van der Waals surface area (Å²) in [6.07, 6.45) is 3.73. The minimum Gasteiger partial charge on any atom is -0.306 e. The Morgan fingerprint density at radius 1 is 1.24 bits per heavy atom.